The highest BCUT2D eigenvalue weighted by Crippen LogP contribution is 2.39. The summed E-state index contributed by atoms with van der Waals surface area (Å²) < 4.78 is 0. The van der Waals surface area contributed by atoms with Crippen molar-refractivity contribution >= 4 is 11.5 Å². The van der Waals surface area contributed by atoms with Gasteiger partial charge in [-0.05, 0) is 11.6 Å². The van der Waals surface area contributed by atoms with Gasteiger partial charge in [0.05, 0.1) is 23.2 Å². The zero-order valence-corrected chi connectivity index (χ0v) is 11.8. The molecule has 4 heteroatoms. The van der Waals surface area contributed by atoms with Crippen molar-refractivity contribution in [2.45, 2.75) is 12.1 Å². The Bertz CT molecular complexity index is 761. The fourth-order valence-electron chi connectivity index (χ4n) is 3.35. The molecular weight excluding hydrogens is 278 g/mol. The molecule has 0 amide bonds. The van der Waals surface area contributed by atoms with Gasteiger partial charge >= 0.3 is 0 Å². The number of dihydropyridines is 1. The zero-order valence-electron chi connectivity index (χ0n) is 11.8. The van der Waals surface area contributed by atoms with Crippen LogP contribution in [0.15, 0.2) is 76.6 Å². The van der Waals surface area contributed by atoms with E-state index in [9.17, 15) is 15.0 Å². The van der Waals surface area contributed by atoms with E-state index in [0.717, 1.165) is 5.57 Å². The molecule has 1 aliphatic heterocycles. The van der Waals surface area contributed by atoms with Gasteiger partial charge in [-0.2, -0.15) is 0 Å². The lowest BCUT2D eigenvalue weighted by Gasteiger charge is -2.24. The average molecular weight is 293 g/mol. The van der Waals surface area contributed by atoms with E-state index in [4.69, 9.17) is 0 Å². The minimum absolute atomic E-state index is 0.0144. The van der Waals surface area contributed by atoms with Crippen LogP contribution in [-0.4, -0.2) is 33.9 Å². The molecule has 0 saturated heterocycles. The molecule has 110 valence electrons. The first-order valence-electron chi connectivity index (χ1n) is 7.32. The maximum absolute atomic E-state index is 12.6. The molecule has 4 unspecified atom stereocenters. The first-order chi connectivity index (χ1) is 10.7. The predicted molar refractivity (Wildman–Crippen MR) is 83.5 cm³/mol. The molecule has 0 aromatic rings. The lowest BCUT2D eigenvalue weighted by Crippen LogP contribution is -2.31. The van der Waals surface area contributed by atoms with Crippen LogP contribution in [0.25, 0.3) is 0 Å². The van der Waals surface area contributed by atoms with E-state index in [-0.39, 0.29) is 40.7 Å². The van der Waals surface area contributed by atoms with E-state index in [1.807, 2.05) is 36.5 Å². The van der Waals surface area contributed by atoms with Crippen LogP contribution in [0.3, 0.4) is 0 Å². The number of aliphatic hydroxyl groups excluding tert-OH is 2. The van der Waals surface area contributed by atoms with Gasteiger partial charge in [0.15, 0.2) is 5.78 Å². The summed E-state index contributed by atoms with van der Waals surface area (Å²) in [5.74, 6) is -0.884. The molecule has 0 radical (unpaired) electrons. The van der Waals surface area contributed by atoms with E-state index in [1.165, 1.54) is 0 Å². The van der Waals surface area contributed by atoms with Crippen molar-refractivity contribution in [2.75, 3.05) is 0 Å². The first-order valence-corrected chi connectivity index (χ1v) is 7.32. The number of hydrogen-bond acceptors (Lipinski definition) is 4. The maximum Gasteiger partial charge on any atom is 0.176 e. The van der Waals surface area contributed by atoms with E-state index in [0.29, 0.717) is 0 Å². The fraction of sp³-hybridized carbons (Fsp3) is 0.222. The van der Waals surface area contributed by atoms with Crippen LogP contribution in [-0.2, 0) is 4.79 Å². The summed E-state index contributed by atoms with van der Waals surface area (Å²) in [4.78, 5) is 17.1. The molecule has 22 heavy (non-hydrogen) atoms. The number of hydrogen-bond donors (Lipinski definition) is 2. The monoisotopic (exact) mass is 293 g/mol. The van der Waals surface area contributed by atoms with Gasteiger partial charge in [-0.1, -0.05) is 48.6 Å². The smallest absolute Gasteiger partial charge is 0.176 e. The number of aliphatic hydroxyl groups is 2. The van der Waals surface area contributed by atoms with Gasteiger partial charge in [0, 0.05) is 5.92 Å². The van der Waals surface area contributed by atoms with Crippen LogP contribution < -0.4 is 0 Å². The summed E-state index contributed by atoms with van der Waals surface area (Å²) >= 11 is 0. The number of allylic oxidation sites excluding steroid dienone is 6. The van der Waals surface area contributed by atoms with Gasteiger partial charge in [-0.25, -0.2) is 0 Å². The molecule has 4 aliphatic rings. The quantitative estimate of drug-likeness (QED) is 0.776. The number of carbonyl (C=O) groups is 1. The van der Waals surface area contributed by atoms with Crippen molar-refractivity contribution in [3.63, 3.8) is 0 Å². The molecule has 0 fully saturated rings. The Morgan fingerprint density at radius 1 is 1.00 bits per heavy atom. The SMILES string of the molecule is O=C1C(C2=NC3C=CC=CC3=CC2O)=C(O)C2C=CC=CC12. The molecule has 0 aromatic carbocycles. The molecule has 0 saturated carbocycles. The molecule has 3 aliphatic carbocycles. The van der Waals surface area contributed by atoms with Crippen LogP contribution in [0.1, 0.15) is 0 Å². The summed E-state index contributed by atoms with van der Waals surface area (Å²) in [5, 5.41) is 20.8. The Kier molecular flexibility index (Phi) is 2.87. The van der Waals surface area contributed by atoms with Crippen LogP contribution in [0.5, 0.6) is 0 Å². The van der Waals surface area contributed by atoms with Crippen LogP contribution >= 0.6 is 0 Å². The van der Waals surface area contributed by atoms with Crippen molar-refractivity contribution in [2.24, 2.45) is 16.8 Å². The van der Waals surface area contributed by atoms with E-state index < -0.39 is 6.10 Å². The number of ketones is 1. The van der Waals surface area contributed by atoms with Gasteiger partial charge < -0.3 is 10.2 Å². The highest BCUT2D eigenvalue weighted by atomic mass is 16.3. The summed E-state index contributed by atoms with van der Waals surface area (Å²) in [6.45, 7) is 0. The Labute approximate surface area is 127 Å². The molecule has 4 nitrogen and oxygen atoms in total. The molecule has 2 N–H and O–H groups in total. The van der Waals surface area contributed by atoms with E-state index >= 15 is 0 Å². The largest absolute Gasteiger partial charge is 0.511 e. The Morgan fingerprint density at radius 3 is 2.50 bits per heavy atom. The highest BCUT2D eigenvalue weighted by molar-refractivity contribution is 6.27. The summed E-state index contributed by atoms with van der Waals surface area (Å²) in [6.07, 6.45) is 15.5. The number of rotatable bonds is 1. The van der Waals surface area contributed by atoms with E-state index in [2.05, 4.69) is 4.99 Å². The fourth-order valence-corrected chi connectivity index (χ4v) is 3.35. The van der Waals surface area contributed by atoms with Gasteiger partial charge in [0.25, 0.3) is 0 Å². The summed E-state index contributed by atoms with van der Waals surface area (Å²) in [6, 6.07) is -0.204. The standard InChI is InChI=1S/C18H15NO3/c20-14-9-10-5-1-4-8-13(10)19-16(14)15-17(21)11-6-2-3-7-12(11)18(15)22/h1-9,11-14,20-21H. The van der Waals surface area contributed by atoms with Crippen molar-refractivity contribution in [1.29, 1.82) is 0 Å². The number of fused-ring (bicyclic) bond motifs is 2. The van der Waals surface area contributed by atoms with Crippen molar-refractivity contribution in [1.82, 2.24) is 0 Å². The second-order valence-electron chi connectivity index (χ2n) is 5.76. The zero-order chi connectivity index (χ0) is 15.3. The summed E-state index contributed by atoms with van der Waals surface area (Å²) in [7, 11) is 0. The van der Waals surface area contributed by atoms with Crippen molar-refractivity contribution in [3.8, 4) is 0 Å². The Morgan fingerprint density at radius 2 is 1.73 bits per heavy atom. The lowest BCUT2D eigenvalue weighted by atomic mass is 9.89. The summed E-state index contributed by atoms with van der Waals surface area (Å²) in [5.41, 5.74) is 1.35. The first kappa shape index (κ1) is 13.2. The van der Waals surface area contributed by atoms with Crippen LogP contribution in [0.2, 0.25) is 0 Å². The third kappa shape index (κ3) is 1.81. The molecule has 4 rings (SSSR count). The van der Waals surface area contributed by atoms with Crippen molar-refractivity contribution in [3.05, 3.63) is 71.6 Å². The number of carbonyl (C=O) groups excluding carboxylic acids is 1. The highest BCUT2D eigenvalue weighted by Gasteiger charge is 2.44. The second-order valence-corrected chi connectivity index (χ2v) is 5.76. The molecule has 0 bridgehead atoms. The number of Topliss-reactive ketones (excluding diaryl/α,β-unsaturated/α-hetero) is 1. The lowest BCUT2D eigenvalue weighted by molar-refractivity contribution is -0.117. The van der Waals surface area contributed by atoms with Crippen molar-refractivity contribution < 1.29 is 15.0 Å². The number of nitrogens with zero attached hydrogens (tertiary/aromatic N) is 1. The molecule has 4 atom stereocenters. The molecule has 0 aromatic heterocycles. The third-order valence-corrected chi connectivity index (χ3v) is 4.46. The third-order valence-electron chi connectivity index (χ3n) is 4.46. The van der Waals surface area contributed by atoms with E-state index in [1.54, 1.807) is 18.2 Å². The minimum atomic E-state index is -0.975. The maximum atomic E-state index is 12.6. The topological polar surface area (TPSA) is 69.9 Å². The van der Waals surface area contributed by atoms with Gasteiger partial charge in [-0.15, -0.1) is 0 Å². The average Bonchev–Trinajstić information content (AvgIpc) is 2.79. The van der Waals surface area contributed by atoms with Gasteiger partial charge in [-0.3, -0.25) is 9.79 Å². The molecule has 1 heterocycles. The van der Waals surface area contributed by atoms with Gasteiger partial charge in [0.1, 0.15) is 11.9 Å². The van der Waals surface area contributed by atoms with Crippen LogP contribution in [0, 0.1) is 11.8 Å². The predicted octanol–water partition coefficient (Wildman–Crippen LogP) is 1.98. The Balaban J connectivity index is 1.77. The molecule has 0 spiro atoms. The minimum Gasteiger partial charge on any atom is -0.511 e. The van der Waals surface area contributed by atoms with Crippen LogP contribution in [0.4, 0.5) is 0 Å². The Hall–Kier alpha value is -2.46. The second kappa shape index (κ2) is 4.78. The van der Waals surface area contributed by atoms with Gasteiger partial charge in [0.2, 0.25) is 0 Å². The molecular formula is C18H15NO3. The number of aliphatic imine (C=N–C) groups is 1. The normalized spacial score (nSPS) is 35.4.